The molecule has 8 heteroatoms. The van der Waals surface area contributed by atoms with Crippen LogP contribution in [-0.2, 0) is 0 Å². The SMILES string of the molecule is Nc1nc(Nc2ccc(Oc3cccc4cnccc34)c(F)c2)cc(-c2ccc3ncccc3c2)n1. The van der Waals surface area contributed by atoms with Gasteiger partial charge in [-0.2, -0.15) is 4.98 Å². The van der Waals surface area contributed by atoms with Crippen molar-refractivity contribution in [2.24, 2.45) is 0 Å². The van der Waals surface area contributed by atoms with Crippen molar-refractivity contribution in [2.45, 2.75) is 0 Å². The van der Waals surface area contributed by atoms with Crippen LogP contribution in [0.25, 0.3) is 32.9 Å². The highest BCUT2D eigenvalue weighted by molar-refractivity contribution is 5.87. The molecule has 0 saturated heterocycles. The zero-order valence-electron chi connectivity index (χ0n) is 18.9. The van der Waals surface area contributed by atoms with Gasteiger partial charge in [-0.15, -0.1) is 0 Å². The number of hydrogen-bond acceptors (Lipinski definition) is 7. The predicted molar refractivity (Wildman–Crippen MR) is 139 cm³/mol. The van der Waals surface area contributed by atoms with Crippen LogP contribution in [0.2, 0.25) is 0 Å². The topological polar surface area (TPSA) is 98.8 Å². The molecule has 0 fully saturated rings. The van der Waals surface area contributed by atoms with E-state index in [1.807, 2.05) is 48.5 Å². The molecule has 0 spiro atoms. The van der Waals surface area contributed by atoms with E-state index in [0.29, 0.717) is 22.9 Å². The number of pyridine rings is 2. The molecule has 174 valence electrons. The molecule has 0 atom stereocenters. The molecule has 0 aliphatic rings. The molecular weight excluding hydrogens is 455 g/mol. The van der Waals surface area contributed by atoms with Crippen LogP contribution in [0.15, 0.2) is 97.5 Å². The molecule has 6 aromatic rings. The Morgan fingerprint density at radius 2 is 1.72 bits per heavy atom. The number of nitrogens with one attached hydrogen (secondary N) is 1. The first-order chi connectivity index (χ1) is 17.6. The minimum absolute atomic E-state index is 0.104. The van der Waals surface area contributed by atoms with Gasteiger partial charge in [0.15, 0.2) is 11.6 Å². The van der Waals surface area contributed by atoms with Crippen molar-refractivity contribution in [3.8, 4) is 22.8 Å². The Kier molecular flexibility index (Phi) is 5.31. The lowest BCUT2D eigenvalue weighted by Gasteiger charge is -2.12. The molecule has 7 nitrogen and oxygen atoms in total. The first kappa shape index (κ1) is 21.4. The van der Waals surface area contributed by atoms with Gasteiger partial charge in [0.2, 0.25) is 5.95 Å². The number of halogens is 1. The van der Waals surface area contributed by atoms with Crippen LogP contribution in [0.4, 0.5) is 21.8 Å². The van der Waals surface area contributed by atoms with Crippen molar-refractivity contribution < 1.29 is 9.13 Å². The summed E-state index contributed by atoms with van der Waals surface area (Å²) in [7, 11) is 0. The molecule has 3 aromatic carbocycles. The molecule has 0 aliphatic heterocycles. The van der Waals surface area contributed by atoms with E-state index in [0.717, 1.165) is 27.2 Å². The lowest BCUT2D eigenvalue weighted by molar-refractivity contribution is 0.447. The molecule has 3 aromatic heterocycles. The fraction of sp³-hybridized carbons (Fsp3) is 0. The minimum Gasteiger partial charge on any atom is -0.454 e. The van der Waals surface area contributed by atoms with Gasteiger partial charge in [0, 0.05) is 58.1 Å². The molecule has 3 N–H and O–H groups in total. The van der Waals surface area contributed by atoms with E-state index in [4.69, 9.17) is 10.5 Å². The van der Waals surface area contributed by atoms with Gasteiger partial charge in [0.25, 0.3) is 0 Å². The summed E-state index contributed by atoms with van der Waals surface area (Å²) < 4.78 is 20.8. The molecular formula is C28H19FN6O. The summed E-state index contributed by atoms with van der Waals surface area (Å²) in [6.45, 7) is 0. The average molecular weight is 474 g/mol. The minimum atomic E-state index is -0.518. The number of ether oxygens (including phenoxy) is 1. The van der Waals surface area contributed by atoms with Crippen LogP contribution in [0.1, 0.15) is 0 Å². The number of nitrogens with zero attached hydrogens (tertiary/aromatic N) is 4. The molecule has 0 bridgehead atoms. The van der Waals surface area contributed by atoms with Crippen molar-refractivity contribution in [1.29, 1.82) is 0 Å². The zero-order valence-corrected chi connectivity index (χ0v) is 18.9. The summed E-state index contributed by atoms with van der Waals surface area (Å²) in [6, 6.07) is 23.5. The Hall–Kier alpha value is -5.11. The number of anilines is 3. The quantitative estimate of drug-likeness (QED) is 0.294. The second-order valence-corrected chi connectivity index (χ2v) is 8.13. The Morgan fingerprint density at radius 3 is 2.64 bits per heavy atom. The van der Waals surface area contributed by atoms with E-state index >= 15 is 0 Å². The van der Waals surface area contributed by atoms with Gasteiger partial charge in [-0.05, 0) is 42.5 Å². The lowest BCUT2D eigenvalue weighted by Crippen LogP contribution is -2.02. The molecule has 0 radical (unpaired) electrons. The first-order valence-electron chi connectivity index (χ1n) is 11.2. The summed E-state index contributed by atoms with van der Waals surface area (Å²) >= 11 is 0. The first-order valence-corrected chi connectivity index (χ1v) is 11.2. The van der Waals surface area contributed by atoms with Crippen molar-refractivity contribution >= 4 is 39.1 Å². The van der Waals surface area contributed by atoms with Crippen molar-refractivity contribution in [1.82, 2.24) is 19.9 Å². The number of aromatic nitrogens is 4. The fourth-order valence-electron chi connectivity index (χ4n) is 4.02. The molecule has 36 heavy (non-hydrogen) atoms. The maximum atomic E-state index is 15.0. The van der Waals surface area contributed by atoms with Gasteiger partial charge < -0.3 is 15.8 Å². The third-order valence-electron chi connectivity index (χ3n) is 5.71. The second kappa shape index (κ2) is 8.92. The average Bonchev–Trinajstić information content (AvgIpc) is 2.90. The summed E-state index contributed by atoms with van der Waals surface area (Å²) in [5.74, 6) is 0.687. The van der Waals surface area contributed by atoms with Gasteiger partial charge in [-0.25, -0.2) is 9.37 Å². The Balaban J connectivity index is 1.26. The van der Waals surface area contributed by atoms with E-state index in [9.17, 15) is 4.39 Å². The molecule has 3 heterocycles. The number of benzene rings is 3. The summed E-state index contributed by atoms with van der Waals surface area (Å²) in [5.41, 5.74) is 8.87. The molecule has 0 aliphatic carbocycles. The van der Waals surface area contributed by atoms with Crippen LogP contribution in [0.3, 0.4) is 0 Å². The van der Waals surface area contributed by atoms with E-state index in [2.05, 4.69) is 25.3 Å². The molecule has 0 amide bonds. The van der Waals surface area contributed by atoms with Crippen LogP contribution in [0, 0.1) is 5.82 Å². The zero-order chi connectivity index (χ0) is 24.5. The van der Waals surface area contributed by atoms with Gasteiger partial charge in [-0.3, -0.25) is 9.97 Å². The number of fused-ring (bicyclic) bond motifs is 2. The molecule has 6 rings (SSSR count). The smallest absolute Gasteiger partial charge is 0.222 e. The van der Waals surface area contributed by atoms with Crippen LogP contribution in [-0.4, -0.2) is 19.9 Å². The monoisotopic (exact) mass is 474 g/mol. The molecule has 0 saturated carbocycles. The van der Waals surface area contributed by atoms with Gasteiger partial charge >= 0.3 is 0 Å². The van der Waals surface area contributed by atoms with Crippen molar-refractivity contribution in [2.75, 3.05) is 11.1 Å². The highest BCUT2D eigenvalue weighted by Gasteiger charge is 2.11. The van der Waals surface area contributed by atoms with Crippen LogP contribution < -0.4 is 15.8 Å². The number of nitrogen functional groups attached to an aromatic ring is 1. The van der Waals surface area contributed by atoms with E-state index in [1.165, 1.54) is 6.07 Å². The Morgan fingerprint density at radius 1 is 0.806 bits per heavy atom. The van der Waals surface area contributed by atoms with E-state index in [1.54, 1.807) is 42.9 Å². The summed E-state index contributed by atoms with van der Waals surface area (Å²) in [4.78, 5) is 17.1. The third kappa shape index (κ3) is 4.23. The summed E-state index contributed by atoms with van der Waals surface area (Å²) in [5, 5.41) is 5.85. The largest absolute Gasteiger partial charge is 0.454 e. The maximum Gasteiger partial charge on any atom is 0.222 e. The molecule has 0 unspecified atom stereocenters. The van der Waals surface area contributed by atoms with Crippen LogP contribution >= 0.6 is 0 Å². The fourth-order valence-corrected chi connectivity index (χ4v) is 4.02. The normalized spacial score (nSPS) is 11.0. The number of hydrogen-bond donors (Lipinski definition) is 2. The Bertz CT molecular complexity index is 1730. The Labute approximate surface area is 205 Å². The second-order valence-electron chi connectivity index (χ2n) is 8.13. The van der Waals surface area contributed by atoms with Crippen LogP contribution in [0.5, 0.6) is 11.5 Å². The van der Waals surface area contributed by atoms with E-state index in [-0.39, 0.29) is 11.7 Å². The van der Waals surface area contributed by atoms with Crippen molar-refractivity contribution in [3.63, 3.8) is 0 Å². The van der Waals surface area contributed by atoms with Gasteiger partial charge in [0.1, 0.15) is 11.6 Å². The van der Waals surface area contributed by atoms with Gasteiger partial charge in [0.05, 0.1) is 11.2 Å². The summed E-state index contributed by atoms with van der Waals surface area (Å²) in [6.07, 6.45) is 5.17. The predicted octanol–water partition coefficient (Wildman–Crippen LogP) is 6.50. The van der Waals surface area contributed by atoms with Gasteiger partial charge in [-0.1, -0.05) is 24.3 Å². The number of rotatable bonds is 5. The van der Waals surface area contributed by atoms with Crippen molar-refractivity contribution in [3.05, 3.63) is 103 Å². The highest BCUT2D eigenvalue weighted by atomic mass is 19.1. The number of nitrogens with two attached hydrogens (primary N) is 1. The lowest BCUT2D eigenvalue weighted by atomic mass is 10.1. The van der Waals surface area contributed by atoms with E-state index < -0.39 is 5.82 Å². The maximum absolute atomic E-state index is 15.0. The highest BCUT2D eigenvalue weighted by Crippen LogP contribution is 2.32. The third-order valence-corrected chi connectivity index (χ3v) is 5.71. The standard InChI is InChI=1S/C28H19FN6O/c29-22-14-20(7-9-26(22)36-25-5-1-3-19-16-31-12-10-21(19)25)33-27-15-24(34-28(30)35-27)18-6-8-23-17(13-18)4-2-11-32-23/h1-16H,(H3,30,33,34,35).